The number of hydrogen-bond donors (Lipinski definition) is 2. The van der Waals surface area contributed by atoms with Crippen molar-refractivity contribution in [2.75, 3.05) is 0 Å². The maximum atomic E-state index is 12.0. The molecule has 1 unspecified atom stereocenters. The van der Waals surface area contributed by atoms with Gasteiger partial charge < -0.3 is 5.73 Å². The molecule has 1 heterocycles. The van der Waals surface area contributed by atoms with E-state index >= 15 is 0 Å². The number of benzene rings is 1. The third kappa shape index (κ3) is 2.92. The van der Waals surface area contributed by atoms with Gasteiger partial charge in [0.15, 0.2) is 0 Å². The van der Waals surface area contributed by atoms with E-state index in [1.54, 1.807) is 11.3 Å². The molecule has 0 aliphatic carbocycles. The molecule has 3 nitrogen and oxygen atoms in total. The fourth-order valence-electron chi connectivity index (χ4n) is 2.37. The summed E-state index contributed by atoms with van der Waals surface area (Å²) in [5, 5.41) is 5.33. The molecule has 1 aromatic heterocycles. The van der Waals surface area contributed by atoms with Crippen molar-refractivity contribution >= 4 is 17.2 Å². The van der Waals surface area contributed by atoms with Gasteiger partial charge in [-0.1, -0.05) is 29.8 Å². The Morgan fingerprint density at radius 1 is 1.35 bits per heavy atom. The van der Waals surface area contributed by atoms with Crippen LogP contribution in [0.5, 0.6) is 0 Å². The number of hydrogen-bond acceptors (Lipinski definition) is 3. The standard InChI is InChI=1S/C16H20N2OS/c1-11-6-7-14(12(2)9-11)16(3,15(17)19)18-10-13-5-4-8-20-13/h4-9,18H,10H2,1-3H3,(H2,17,19). The normalized spacial score (nSPS) is 13.9. The summed E-state index contributed by atoms with van der Waals surface area (Å²) >= 11 is 1.66. The van der Waals surface area contributed by atoms with Gasteiger partial charge in [0.05, 0.1) is 0 Å². The number of primary amides is 1. The van der Waals surface area contributed by atoms with E-state index in [1.165, 1.54) is 10.4 Å². The van der Waals surface area contributed by atoms with E-state index in [0.717, 1.165) is 11.1 Å². The molecule has 2 rings (SSSR count). The Balaban J connectivity index is 2.31. The predicted octanol–water partition coefficient (Wildman–Crippen LogP) is 2.86. The van der Waals surface area contributed by atoms with Crippen LogP contribution < -0.4 is 11.1 Å². The summed E-state index contributed by atoms with van der Waals surface area (Å²) in [6.45, 7) is 6.53. The highest BCUT2D eigenvalue weighted by Gasteiger charge is 2.33. The zero-order valence-corrected chi connectivity index (χ0v) is 12.9. The molecule has 0 saturated heterocycles. The molecule has 0 spiro atoms. The molecule has 1 amide bonds. The molecule has 3 N–H and O–H groups in total. The molecular weight excluding hydrogens is 268 g/mol. The largest absolute Gasteiger partial charge is 0.368 e. The maximum Gasteiger partial charge on any atom is 0.242 e. The molecule has 20 heavy (non-hydrogen) atoms. The topological polar surface area (TPSA) is 55.1 Å². The summed E-state index contributed by atoms with van der Waals surface area (Å²) in [7, 11) is 0. The fraction of sp³-hybridized carbons (Fsp3) is 0.312. The molecule has 1 aromatic carbocycles. The number of amides is 1. The number of nitrogens with one attached hydrogen (secondary N) is 1. The van der Waals surface area contributed by atoms with Crippen molar-refractivity contribution in [3.05, 3.63) is 57.3 Å². The lowest BCUT2D eigenvalue weighted by Crippen LogP contribution is -2.50. The van der Waals surface area contributed by atoms with Crippen LogP contribution in [-0.2, 0) is 16.9 Å². The Labute approximate surface area is 123 Å². The number of rotatable bonds is 5. The van der Waals surface area contributed by atoms with Crippen molar-refractivity contribution in [3.8, 4) is 0 Å². The molecule has 4 heteroatoms. The van der Waals surface area contributed by atoms with E-state index in [9.17, 15) is 4.79 Å². The van der Waals surface area contributed by atoms with Gasteiger partial charge in [-0.2, -0.15) is 0 Å². The number of carbonyl (C=O) groups excluding carboxylic acids is 1. The van der Waals surface area contributed by atoms with Crippen LogP contribution >= 0.6 is 11.3 Å². The minimum atomic E-state index is -0.859. The first kappa shape index (κ1) is 14.8. The molecule has 0 fully saturated rings. The lowest BCUT2D eigenvalue weighted by atomic mass is 9.87. The van der Waals surface area contributed by atoms with Crippen molar-refractivity contribution in [1.82, 2.24) is 5.32 Å². The molecule has 106 valence electrons. The van der Waals surface area contributed by atoms with Gasteiger partial charge >= 0.3 is 0 Å². The quantitative estimate of drug-likeness (QED) is 0.889. The molecule has 0 aliphatic heterocycles. The summed E-state index contributed by atoms with van der Waals surface area (Å²) < 4.78 is 0. The zero-order chi connectivity index (χ0) is 14.8. The van der Waals surface area contributed by atoms with E-state index in [2.05, 4.69) is 11.4 Å². The van der Waals surface area contributed by atoms with Gasteiger partial charge in [-0.05, 0) is 43.3 Å². The molecule has 0 radical (unpaired) electrons. The number of thiophene rings is 1. The number of aryl methyl sites for hydroxylation is 2. The van der Waals surface area contributed by atoms with Gasteiger partial charge in [0.2, 0.25) is 5.91 Å². The zero-order valence-electron chi connectivity index (χ0n) is 12.1. The van der Waals surface area contributed by atoms with Gasteiger partial charge in [0, 0.05) is 11.4 Å². The Morgan fingerprint density at radius 2 is 2.10 bits per heavy atom. The fourth-order valence-corrected chi connectivity index (χ4v) is 3.01. The molecule has 1 atom stereocenters. The highest BCUT2D eigenvalue weighted by Crippen LogP contribution is 2.26. The molecule has 2 aromatic rings. The summed E-state index contributed by atoms with van der Waals surface area (Å²) in [4.78, 5) is 13.2. The lowest BCUT2D eigenvalue weighted by Gasteiger charge is -2.29. The van der Waals surface area contributed by atoms with E-state index < -0.39 is 5.54 Å². The first-order chi connectivity index (χ1) is 9.43. The van der Waals surface area contributed by atoms with Crippen LogP contribution in [0.3, 0.4) is 0 Å². The Kier molecular flexibility index (Phi) is 4.26. The van der Waals surface area contributed by atoms with Crippen LogP contribution in [0.1, 0.15) is 28.5 Å². The van der Waals surface area contributed by atoms with E-state index in [4.69, 9.17) is 5.73 Å². The molecule has 0 bridgehead atoms. The van der Waals surface area contributed by atoms with E-state index in [0.29, 0.717) is 6.54 Å². The summed E-state index contributed by atoms with van der Waals surface area (Å²) in [5.74, 6) is -0.360. The first-order valence-corrected chi connectivity index (χ1v) is 7.46. The third-order valence-electron chi connectivity index (χ3n) is 3.61. The molecule has 0 saturated carbocycles. The monoisotopic (exact) mass is 288 g/mol. The van der Waals surface area contributed by atoms with Crippen LogP contribution in [0, 0.1) is 13.8 Å². The van der Waals surface area contributed by atoms with Gasteiger partial charge in [-0.15, -0.1) is 11.3 Å². The Bertz CT molecular complexity index is 607. The molecule has 0 aliphatic rings. The van der Waals surface area contributed by atoms with Gasteiger partial charge in [-0.25, -0.2) is 0 Å². The third-order valence-corrected chi connectivity index (χ3v) is 4.49. The molecular formula is C16H20N2OS. The maximum absolute atomic E-state index is 12.0. The van der Waals surface area contributed by atoms with E-state index in [-0.39, 0.29) is 5.91 Å². The van der Waals surface area contributed by atoms with Crippen molar-refractivity contribution in [3.63, 3.8) is 0 Å². The second-order valence-corrected chi connectivity index (χ2v) is 6.27. The average Bonchev–Trinajstić information content (AvgIpc) is 2.88. The van der Waals surface area contributed by atoms with Crippen LogP contribution in [0.15, 0.2) is 35.7 Å². The van der Waals surface area contributed by atoms with Crippen LogP contribution in [-0.4, -0.2) is 5.91 Å². The minimum Gasteiger partial charge on any atom is -0.368 e. The van der Waals surface area contributed by atoms with Crippen LogP contribution in [0.25, 0.3) is 0 Å². The highest BCUT2D eigenvalue weighted by molar-refractivity contribution is 7.09. The minimum absolute atomic E-state index is 0.360. The highest BCUT2D eigenvalue weighted by atomic mass is 32.1. The first-order valence-electron chi connectivity index (χ1n) is 6.58. The summed E-state index contributed by atoms with van der Waals surface area (Å²) in [6.07, 6.45) is 0. The lowest BCUT2D eigenvalue weighted by molar-refractivity contribution is -0.124. The Morgan fingerprint density at radius 3 is 2.65 bits per heavy atom. The van der Waals surface area contributed by atoms with E-state index in [1.807, 2.05) is 50.4 Å². The summed E-state index contributed by atoms with van der Waals surface area (Å²) in [5.41, 5.74) is 7.98. The smallest absolute Gasteiger partial charge is 0.242 e. The Hall–Kier alpha value is -1.65. The van der Waals surface area contributed by atoms with Crippen molar-refractivity contribution in [2.45, 2.75) is 32.9 Å². The van der Waals surface area contributed by atoms with Crippen molar-refractivity contribution < 1.29 is 4.79 Å². The summed E-state index contributed by atoms with van der Waals surface area (Å²) in [6, 6.07) is 10.1. The SMILES string of the molecule is Cc1ccc(C(C)(NCc2cccs2)C(N)=O)c(C)c1. The average molecular weight is 288 g/mol. The second kappa shape index (κ2) is 5.77. The predicted molar refractivity (Wildman–Crippen MR) is 83.6 cm³/mol. The van der Waals surface area contributed by atoms with Gasteiger partial charge in [-0.3, -0.25) is 10.1 Å². The van der Waals surface area contributed by atoms with Crippen LogP contribution in [0.4, 0.5) is 0 Å². The number of nitrogens with two attached hydrogens (primary N) is 1. The van der Waals surface area contributed by atoms with Crippen LogP contribution in [0.2, 0.25) is 0 Å². The van der Waals surface area contributed by atoms with Crippen molar-refractivity contribution in [2.24, 2.45) is 5.73 Å². The van der Waals surface area contributed by atoms with Crippen molar-refractivity contribution in [1.29, 1.82) is 0 Å². The van der Waals surface area contributed by atoms with Gasteiger partial charge in [0.25, 0.3) is 0 Å². The second-order valence-electron chi connectivity index (χ2n) is 5.24. The number of carbonyl (C=O) groups is 1. The van der Waals surface area contributed by atoms with Gasteiger partial charge in [0.1, 0.15) is 5.54 Å².